The van der Waals surface area contributed by atoms with E-state index in [9.17, 15) is 9.90 Å². The Morgan fingerprint density at radius 1 is 0.970 bits per heavy atom. The van der Waals surface area contributed by atoms with Crippen LogP contribution in [-0.2, 0) is 11.8 Å². The predicted molar refractivity (Wildman–Crippen MR) is 134 cm³/mol. The Hall–Kier alpha value is -3.41. The molecule has 6 nitrogen and oxygen atoms in total. The maximum atomic E-state index is 11.6. The molecule has 3 rings (SSSR count). The van der Waals surface area contributed by atoms with E-state index in [0.717, 1.165) is 28.5 Å². The lowest BCUT2D eigenvalue weighted by Gasteiger charge is -2.33. The van der Waals surface area contributed by atoms with Crippen molar-refractivity contribution in [2.75, 3.05) is 11.9 Å². The van der Waals surface area contributed by atoms with E-state index in [4.69, 9.17) is 4.98 Å². The average Bonchev–Trinajstić information content (AvgIpc) is 2.73. The molecule has 2 heterocycles. The maximum Gasteiger partial charge on any atom is 0.407 e. The first-order valence-electron chi connectivity index (χ1n) is 11.2. The minimum absolute atomic E-state index is 0.0400. The Bertz CT molecular complexity index is 1110. The third-order valence-corrected chi connectivity index (χ3v) is 5.52. The Morgan fingerprint density at radius 2 is 1.70 bits per heavy atom. The first kappa shape index (κ1) is 24.2. The topological polar surface area (TPSA) is 78.4 Å². The molecule has 0 spiro atoms. The number of aromatic nitrogens is 2. The van der Waals surface area contributed by atoms with E-state index in [1.807, 2.05) is 69.4 Å². The standard InChI is InChI=1S/C27H34N4O2/c1-26(2,3)21-13-15-28-24(18-21)30-23-12-8-11-22(29-23)20-10-7-9-19(17-20)14-16-31(25(32)33)27(4,5)6/h7-13,15,17-18H,14,16H2,1-6H3,(H,32,33)(H,28,29,30). The molecule has 0 aliphatic heterocycles. The molecule has 33 heavy (non-hydrogen) atoms. The summed E-state index contributed by atoms with van der Waals surface area (Å²) in [6, 6.07) is 18.1. The predicted octanol–water partition coefficient (Wildman–Crippen LogP) is 6.51. The molecule has 0 aliphatic rings. The number of anilines is 2. The summed E-state index contributed by atoms with van der Waals surface area (Å²) in [7, 11) is 0. The Morgan fingerprint density at radius 3 is 2.36 bits per heavy atom. The van der Waals surface area contributed by atoms with Gasteiger partial charge >= 0.3 is 6.09 Å². The van der Waals surface area contributed by atoms with Crippen LogP contribution in [0.1, 0.15) is 52.7 Å². The summed E-state index contributed by atoms with van der Waals surface area (Å²) in [5, 5.41) is 12.9. The van der Waals surface area contributed by atoms with Crippen molar-refractivity contribution in [3.63, 3.8) is 0 Å². The molecule has 0 bridgehead atoms. The fraction of sp³-hybridized carbons (Fsp3) is 0.370. The number of hydrogen-bond acceptors (Lipinski definition) is 4. The molecular formula is C27H34N4O2. The van der Waals surface area contributed by atoms with Gasteiger partial charge in [0.2, 0.25) is 0 Å². The highest BCUT2D eigenvalue weighted by Gasteiger charge is 2.25. The van der Waals surface area contributed by atoms with Crippen molar-refractivity contribution in [2.45, 2.75) is 58.9 Å². The quantitative estimate of drug-likeness (QED) is 0.451. The van der Waals surface area contributed by atoms with Crippen molar-refractivity contribution < 1.29 is 9.90 Å². The van der Waals surface area contributed by atoms with Crippen LogP contribution in [0.25, 0.3) is 11.3 Å². The van der Waals surface area contributed by atoms with Crippen LogP contribution in [-0.4, -0.2) is 38.2 Å². The number of hydrogen-bond donors (Lipinski definition) is 2. The SMILES string of the molecule is CC(C)(C)c1ccnc(Nc2cccc(-c3cccc(CCN(C(=O)O)C(C)(C)C)c3)n2)c1. The summed E-state index contributed by atoms with van der Waals surface area (Å²) in [6.07, 6.45) is 1.55. The van der Waals surface area contributed by atoms with Crippen molar-refractivity contribution in [1.29, 1.82) is 0 Å². The first-order valence-corrected chi connectivity index (χ1v) is 11.2. The van der Waals surface area contributed by atoms with Crippen LogP contribution in [0.5, 0.6) is 0 Å². The molecule has 2 N–H and O–H groups in total. The van der Waals surface area contributed by atoms with Crippen molar-refractivity contribution in [3.05, 3.63) is 71.9 Å². The highest BCUT2D eigenvalue weighted by molar-refractivity contribution is 5.66. The van der Waals surface area contributed by atoms with Gasteiger partial charge in [-0.2, -0.15) is 0 Å². The smallest absolute Gasteiger partial charge is 0.407 e. The van der Waals surface area contributed by atoms with Crippen LogP contribution < -0.4 is 5.32 Å². The second-order valence-corrected chi connectivity index (χ2v) is 10.3. The Labute approximate surface area is 196 Å². The van der Waals surface area contributed by atoms with Crippen LogP contribution in [0.4, 0.5) is 16.4 Å². The van der Waals surface area contributed by atoms with Gasteiger partial charge in [0.25, 0.3) is 0 Å². The lowest BCUT2D eigenvalue weighted by molar-refractivity contribution is 0.101. The highest BCUT2D eigenvalue weighted by atomic mass is 16.4. The van der Waals surface area contributed by atoms with Gasteiger partial charge in [-0.15, -0.1) is 0 Å². The Balaban J connectivity index is 1.77. The van der Waals surface area contributed by atoms with Crippen molar-refractivity contribution in [1.82, 2.24) is 14.9 Å². The second kappa shape index (κ2) is 9.61. The van der Waals surface area contributed by atoms with Gasteiger partial charge in [-0.3, -0.25) is 0 Å². The molecule has 1 aromatic carbocycles. The number of nitrogens with one attached hydrogen (secondary N) is 1. The average molecular weight is 447 g/mol. The lowest BCUT2D eigenvalue weighted by Crippen LogP contribution is -2.45. The van der Waals surface area contributed by atoms with Crippen LogP contribution in [0.2, 0.25) is 0 Å². The summed E-state index contributed by atoms with van der Waals surface area (Å²) in [4.78, 5) is 22.3. The number of rotatable bonds is 6. The summed E-state index contributed by atoms with van der Waals surface area (Å²) in [6.45, 7) is 12.7. The van der Waals surface area contributed by atoms with Crippen LogP contribution in [0.15, 0.2) is 60.8 Å². The third-order valence-electron chi connectivity index (χ3n) is 5.52. The Kier molecular flexibility index (Phi) is 7.06. The summed E-state index contributed by atoms with van der Waals surface area (Å²) >= 11 is 0. The first-order chi connectivity index (χ1) is 15.4. The molecule has 6 heteroatoms. The van der Waals surface area contributed by atoms with Crippen molar-refractivity contribution >= 4 is 17.7 Å². The lowest BCUT2D eigenvalue weighted by atomic mass is 9.88. The maximum absolute atomic E-state index is 11.6. The van der Waals surface area contributed by atoms with E-state index in [1.165, 1.54) is 10.5 Å². The fourth-order valence-corrected chi connectivity index (χ4v) is 3.61. The molecule has 2 aromatic heterocycles. The van der Waals surface area contributed by atoms with E-state index < -0.39 is 11.6 Å². The van der Waals surface area contributed by atoms with Gasteiger partial charge in [0.1, 0.15) is 11.6 Å². The zero-order valence-corrected chi connectivity index (χ0v) is 20.4. The molecule has 174 valence electrons. The molecule has 0 saturated carbocycles. The van der Waals surface area contributed by atoms with Crippen LogP contribution in [0, 0.1) is 0 Å². The summed E-state index contributed by atoms with van der Waals surface area (Å²) in [5.74, 6) is 1.48. The minimum atomic E-state index is -0.900. The number of carbonyl (C=O) groups is 1. The van der Waals surface area contributed by atoms with E-state index in [-0.39, 0.29) is 5.41 Å². The number of carboxylic acid groups (broad SMARTS) is 1. The molecule has 3 aromatic rings. The molecular weight excluding hydrogens is 412 g/mol. The summed E-state index contributed by atoms with van der Waals surface area (Å²) in [5.41, 5.74) is 3.71. The van der Waals surface area contributed by atoms with Gasteiger partial charge in [-0.1, -0.05) is 45.0 Å². The zero-order valence-electron chi connectivity index (χ0n) is 20.4. The van der Waals surface area contributed by atoms with Gasteiger partial charge in [-0.25, -0.2) is 14.8 Å². The van der Waals surface area contributed by atoms with E-state index in [0.29, 0.717) is 13.0 Å². The van der Waals surface area contributed by atoms with E-state index in [2.05, 4.69) is 43.2 Å². The molecule has 0 saturated heterocycles. The highest BCUT2D eigenvalue weighted by Crippen LogP contribution is 2.26. The van der Waals surface area contributed by atoms with Crippen molar-refractivity contribution in [2.24, 2.45) is 0 Å². The molecule has 0 atom stereocenters. The van der Waals surface area contributed by atoms with Gasteiger partial charge in [-0.05, 0) is 74.1 Å². The molecule has 0 radical (unpaired) electrons. The van der Waals surface area contributed by atoms with Gasteiger partial charge in [0, 0.05) is 23.8 Å². The number of amides is 1. The molecule has 0 fully saturated rings. The number of nitrogens with zero attached hydrogens (tertiary/aromatic N) is 3. The second-order valence-electron chi connectivity index (χ2n) is 10.3. The van der Waals surface area contributed by atoms with Crippen LogP contribution >= 0.6 is 0 Å². The molecule has 0 aliphatic carbocycles. The summed E-state index contributed by atoms with van der Waals surface area (Å²) < 4.78 is 0. The van der Waals surface area contributed by atoms with E-state index in [1.54, 1.807) is 0 Å². The third kappa shape index (κ3) is 6.54. The number of pyridine rings is 2. The monoisotopic (exact) mass is 446 g/mol. The largest absolute Gasteiger partial charge is 0.465 e. The fourth-order valence-electron chi connectivity index (χ4n) is 3.61. The van der Waals surface area contributed by atoms with Gasteiger partial charge < -0.3 is 15.3 Å². The molecule has 0 unspecified atom stereocenters. The zero-order chi connectivity index (χ0) is 24.2. The molecule has 1 amide bonds. The number of benzene rings is 1. The van der Waals surface area contributed by atoms with Crippen LogP contribution in [0.3, 0.4) is 0 Å². The normalized spacial score (nSPS) is 11.8. The van der Waals surface area contributed by atoms with E-state index >= 15 is 0 Å². The minimum Gasteiger partial charge on any atom is -0.465 e. The van der Waals surface area contributed by atoms with Crippen molar-refractivity contribution in [3.8, 4) is 11.3 Å². The van der Waals surface area contributed by atoms with Gasteiger partial charge in [0.15, 0.2) is 0 Å². The van der Waals surface area contributed by atoms with Gasteiger partial charge in [0.05, 0.1) is 5.69 Å².